The van der Waals surface area contributed by atoms with Gasteiger partial charge in [0.25, 0.3) is 11.8 Å². The van der Waals surface area contributed by atoms with Gasteiger partial charge in [-0.2, -0.15) is 0 Å². The van der Waals surface area contributed by atoms with Crippen molar-refractivity contribution in [3.8, 4) is 0 Å². The van der Waals surface area contributed by atoms with E-state index in [0.717, 1.165) is 0 Å². The smallest absolute Gasteiger partial charge is 0.417 e. The van der Waals surface area contributed by atoms with Gasteiger partial charge in [-0.15, -0.1) is 0 Å². The predicted octanol–water partition coefficient (Wildman–Crippen LogP) is 0.665. The molecule has 0 aromatic carbocycles. The monoisotopic (exact) mass is 289 g/mol. The number of piperidine rings is 1. The summed E-state index contributed by atoms with van der Waals surface area (Å²) in [4.78, 5) is 42.2. The van der Waals surface area contributed by atoms with Crippen LogP contribution >= 0.6 is 0 Å². The Morgan fingerprint density at radius 1 is 1.29 bits per heavy atom. The third kappa shape index (κ3) is 2.58. The minimum atomic E-state index is -0.572. The molecule has 0 unspecified atom stereocenters. The van der Waals surface area contributed by atoms with Crippen molar-refractivity contribution in [3.05, 3.63) is 30.1 Å². The molecule has 3 amide bonds. The number of hydrogen-bond acceptors (Lipinski definition) is 5. The maximum atomic E-state index is 12.3. The molecule has 0 N–H and O–H groups in total. The molecule has 1 aromatic heterocycles. The standard InChI is InChI=1S/C14H15N3O4/c18-12-9-21-14(20)17(12)11-3-6-16(7-4-11)13(19)10-2-1-5-15-8-10/h1-2,5,8,11H,3-4,6-7,9H2. The van der Waals surface area contributed by atoms with E-state index in [4.69, 9.17) is 4.74 Å². The van der Waals surface area contributed by atoms with Crippen LogP contribution in [0.4, 0.5) is 4.79 Å². The van der Waals surface area contributed by atoms with Gasteiger partial charge in [-0.1, -0.05) is 0 Å². The van der Waals surface area contributed by atoms with Gasteiger partial charge in [-0.05, 0) is 25.0 Å². The van der Waals surface area contributed by atoms with Crippen LogP contribution in [0.2, 0.25) is 0 Å². The van der Waals surface area contributed by atoms with Crippen LogP contribution in [0.1, 0.15) is 23.2 Å². The molecule has 2 aliphatic rings. The molecule has 3 heterocycles. The van der Waals surface area contributed by atoms with Gasteiger partial charge in [-0.25, -0.2) is 9.69 Å². The Hall–Kier alpha value is -2.44. The van der Waals surface area contributed by atoms with E-state index in [1.165, 1.54) is 11.1 Å². The molecule has 0 bridgehead atoms. The van der Waals surface area contributed by atoms with Crippen molar-refractivity contribution in [2.45, 2.75) is 18.9 Å². The number of imide groups is 1. The third-order valence-electron chi connectivity index (χ3n) is 3.81. The molecule has 110 valence electrons. The number of amides is 3. The van der Waals surface area contributed by atoms with Crippen molar-refractivity contribution < 1.29 is 19.1 Å². The first-order valence-electron chi connectivity index (χ1n) is 6.85. The fourth-order valence-electron chi connectivity index (χ4n) is 2.72. The topological polar surface area (TPSA) is 79.8 Å². The molecule has 21 heavy (non-hydrogen) atoms. The second-order valence-electron chi connectivity index (χ2n) is 5.08. The van der Waals surface area contributed by atoms with Gasteiger partial charge in [0.05, 0.1) is 5.56 Å². The molecule has 2 fully saturated rings. The summed E-state index contributed by atoms with van der Waals surface area (Å²) in [5, 5.41) is 0. The Bertz CT molecular complexity index is 551. The second-order valence-corrected chi connectivity index (χ2v) is 5.08. The number of aromatic nitrogens is 1. The van der Waals surface area contributed by atoms with Gasteiger partial charge in [0.2, 0.25) is 0 Å². The van der Waals surface area contributed by atoms with Crippen LogP contribution in [-0.4, -0.2) is 58.4 Å². The maximum Gasteiger partial charge on any atom is 0.417 e. The highest BCUT2D eigenvalue weighted by Gasteiger charge is 2.39. The molecule has 7 nitrogen and oxygen atoms in total. The number of cyclic esters (lactones) is 1. The highest BCUT2D eigenvalue weighted by molar-refractivity contribution is 5.98. The number of carbonyl (C=O) groups is 3. The summed E-state index contributed by atoms with van der Waals surface area (Å²) in [7, 11) is 0. The van der Waals surface area contributed by atoms with Crippen molar-refractivity contribution in [3.63, 3.8) is 0 Å². The van der Waals surface area contributed by atoms with Crippen molar-refractivity contribution in [2.24, 2.45) is 0 Å². The average Bonchev–Trinajstić information content (AvgIpc) is 2.87. The quantitative estimate of drug-likeness (QED) is 0.799. The Labute approximate surface area is 121 Å². The van der Waals surface area contributed by atoms with Crippen LogP contribution in [0.3, 0.4) is 0 Å². The Kier molecular flexibility index (Phi) is 3.55. The van der Waals surface area contributed by atoms with Crippen molar-refractivity contribution >= 4 is 17.9 Å². The predicted molar refractivity (Wildman–Crippen MR) is 71.4 cm³/mol. The van der Waals surface area contributed by atoms with Crippen LogP contribution in [-0.2, 0) is 9.53 Å². The van der Waals surface area contributed by atoms with E-state index in [9.17, 15) is 14.4 Å². The summed E-state index contributed by atoms with van der Waals surface area (Å²) >= 11 is 0. The average molecular weight is 289 g/mol. The van der Waals surface area contributed by atoms with Crippen LogP contribution in [0.25, 0.3) is 0 Å². The first-order valence-corrected chi connectivity index (χ1v) is 6.85. The molecule has 0 spiro atoms. The van der Waals surface area contributed by atoms with Gasteiger partial charge in [-0.3, -0.25) is 14.6 Å². The van der Waals surface area contributed by atoms with E-state index < -0.39 is 6.09 Å². The summed E-state index contributed by atoms with van der Waals surface area (Å²) in [5.41, 5.74) is 0.549. The Balaban J connectivity index is 1.62. The Morgan fingerprint density at radius 2 is 2.05 bits per heavy atom. The van der Waals surface area contributed by atoms with Crippen LogP contribution in [0.5, 0.6) is 0 Å². The number of pyridine rings is 1. The lowest BCUT2D eigenvalue weighted by atomic mass is 10.0. The van der Waals surface area contributed by atoms with E-state index in [-0.39, 0.29) is 24.5 Å². The van der Waals surface area contributed by atoms with Crippen molar-refractivity contribution in [1.82, 2.24) is 14.8 Å². The normalized spacial score (nSPS) is 19.8. The van der Waals surface area contributed by atoms with E-state index in [1.54, 1.807) is 23.2 Å². The minimum Gasteiger partial charge on any atom is -0.439 e. The summed E-state index contributed by atoms with van der Waals surface area (Å²) in [6.07, 6.45) is 3.74. The highest BCUT2D eigenvalue weighted by atomic mass is 16.6. The SMILES string of the molecule is O=C(c1cccnc1)N1CCC(N2C(=O)COC2=O)CC1. The zero-order chi connectivity index (χ0) is 14.8. The van der Waals surface area contributed by atoms with Crippen molar-refractivity contribution in [1.29, 1.82) is 0 Å². The summed E-state index contributed by atoms with van der Waals surface area (Å²) < 4.78 is 4.72. The largest absolute Gasteiger partial charge is 0.439 e. The molecular weight excluding hydrogens is 274 g/mol. The maximum absolute atomic E-state index is 12.3. The van der Waals surface area contributed by atoms with Gasteiger partial charge in [0.1, 0.15) is 0 Å². The molecule has 0 saturated carbocycles. The molecule has 1 aromatic rings. The van der Waals surface area contributed by atoms with Crippen LogP contribution in [0, 0.1) is 0 Å². The van der Waals surface area contributed by atoms with E-state index in [1.807, 2.05) is 0 Å². The first-order chi connectivity index (χ1) is 10.2. The molecule has 0 radical (unpaired) electrons. The number of rotatable bonds is 2. The summed E-state index contributed by atoms with van der Waals surface area (Å²) in [6, 6.07) is 3.27. The van der Waals surface area contributed by atoms with Gasteiger partial charge in [0, 0.05) is 31.5 Å². The van der Waals surface area contributed by atoms with Gasteiger partial charge >= 0.3 is 6.09 Å². The highest BCUT2D eigenvalue weighted by Crippen LogP contribution is 2.21. The number of ether oxygens (including phenoxy) is 1. The molecule has 0 aliphatic carbocycles. The zero-order valence-corrected chi connectivity index (χ0v) is 11.4. The molecular formula is C14H15N3O4. The van der Waals surface area contributed by atoms with Gasteiger partial charge < -0.3 is 9.64 Å². The lowest BCUT2D eigenvalue weighted by Crippen LogP contribution is -2.48. The molecule has 0 atom stereocenters. The number of nitrogens with zero attached hydrogens (tertiary/aromatic N) is 3. The molecule has 7 heteroatoms. The van der Waals surface area contributed by atoms with Crippen molar-refractivity contribution in [2.75, 3.05) is 19.7 Å². The van der Waals surface area contributed by atoms with Crippen LogP contribution < -0.4 is 0 Å². The van der Waals surface area contributed by atoms with E-state index >= 15 is 0 Å². The molecule has 2 saturated heterocycles. The summed E-state index contributed by atoms with van der Waals surface area (Å²) in [5.74, 6) is -0.367. The summed E-state index contributed by atoms with van der Waals surface area (Å²) in [6.45, 7) is 0.846. The Morgan fingerprint density at radius 3 is 2.62 bits per heavy atom. The number of hydrogen-bond donors (Lipinski definition) is 0. The lowest BCUT2D eigenvalue weighted by Gasteiger charge is -2.34. The number of likely N-dealkylation sites (tertiary alicyclic amines) is 1. The second kappa shape index (κ2) is 5.51. The fourth-order valence-corrected chi connectivity index (χ4v) is 2.72. The fraction of sp³-hybridized carbons (Fsp3) is 0.429. The first kappa shape index (κ1) is 13.5. The molecule has 3 rings (SSSR count). The molecule has 2 aliphatic heterocycles. The van der Waals surface area contributed by atoms with E-state index in [0.29, 0.717) is 31.5 Å². The van der Waals surface area contributed by atoms with Crippen LogP contribution in [0.15, 0.2) is 24.5 Å². The third-order valence-corrected chi connectivity index (χ3v) is 3.81. The van der Waals surface area contributed by atoms with Gasteiger partial charge in [0.15, 0.2) is 6.61 Å². The lowest BCUT2D eigenvalue weighted by molar-refractivity contribution is -0.127. The van der Waals surface area contributed by atoms with E-state index in [2.05, 4.69) is 4.98 Å². The minimum absolute atomic E-state index is 0.0723. The zero-order valence-electron chi connectivity index (χ0n) is 11.4. The number of carbonyl (C=O) groups excluding carboxylic acids is 3.